The van der Waals surface area contributed by atoms with Crippen LogP contribution in [0.3, 0.4) is 0 Å². The van der Waals surface area contributed by atoms with Crippen LogP contribution in [0.25, 0.3) is 0 Å². The molecule has 1 saturated heterocycles. The predicted octanol–water partition coefficient (Wildman–Crippen LogP) is 3.16. The Bertz CT molecular complexity index is 825. The van der Waals surface area contributed by atoms with E-state index in [-0.39, 0.29) is 17.8 Å². The van der Waals surface area contributed by atoms with Crippen molar-refractivity contribution in [3.63, 3.8) is 0 Å². The fraction of sp³-hybridized carbons (Fsp3) is 0.421. The van der Waals surface area contributed by atoms with Gasteiger partial charge < -0.3 is 10.2 Å². The van der Waals surface area contributed by atoms with Crippen molar-refractivity contribution in [1.82, 2.24) is 14.9 Å². The molecule has 28 heavy (non-hydrogen) atoms. The Labute approximate surface area is 161 Å². The van der Waals surface area contributed by atoms with Crippen LogP contribution in [0, 0.1) is 0 Å². The Morgan fingerprint density at radius 3 is 2.64 bits per heavy atom. The molecule has 1 amide bonds. The molecule has 0 bridgehead atoms. The molecule has 9 heteroatoms. The third kappa shape index (κ3) is 4.98. The van der Waals surface area contributed by atoms with Crippen molar-refractivity contribution in [2.24, 2.45) is 0 Å². The summed E-state index contributed by atoms with van der Waals surface area (Å²) in [6.07, 6.45) is -2.69. The molecule has 2 aromatic rings. The molecule has 1 aliphatic rings. The van der Waals surface area contributed by atoms with E-state index in [1.807, 2.05) is 24.3 Å². The van der Waals surface area contributed by atoms with E-state index in [4.69, 9.17) is 0 Å². The summed E-state index contributed by atoms with van der Waals surface area (Å²) in [7, 11) is 1.76. The lowest BCUT2D eigenvalue weighted by Gasteiger charge is -2.26. The number of halogens is 3. The molecule has 150 valence electrons. The zero-order valence-electron chi connectivity index (χ0n) is 15.7. The average molecular weight is 393 g/mol. The number of nitrogens with one attached hydrogen (secondary N) is 1. The van der Waals surface area contributed by atoms with Gasteiger partial charge in [0.25, 0.3) is 0 Å². The van der Waals surface area contributed by atoms with Gasteiger partial charge in [0, 0.05) is 51.4 Å². The molecule has 0 spiro atoms. The predicted molar refractivity (Wildman–Crippen MR) is 99.9 cm³/mol. The first-order valence-electron chi connectivity index (χ1n) is 8.93. The first-order chi connectivity index (χ1) is 13.2. The third-order valence-corrected chi connectivity index (χ3v) is 4.78. The van der Waals surface area contributed by atoms with Crippen molar-refractivity contribution in [2.45, 2.75) is 32.1 Å². The van der Waals surface area contributed by atoms with Gasteiger partial charge in [-0.3, -0.25) is 9.69 Å². The molecule has 6 nitrogen and oxygen atoms in total. The van der Waals surface area contributed by atoms with Gasteiger partial charge in [-0.2, -0.15) is 13.2 Å². The molecule has 1 atom stereocenters. The molecule has 2 heterocycles. The molecule has 1 fully saturated rings. The van der Waals surface area contributed by atoms with Gasteiger partial charge in [0.15, 0.2) is 0 Å². The minimum absolute atomic E-state index is 0.0784. The van der Waals surface area contributed by atoms with Gasteiger partial charge >= 0.3 is 6.18 Å². The minimum Gasteiger partial charge on any atom is -0.355 e. The Hall–Kier alpha value is -2.68. The minimum atomic E-state index is -4.48. The Balaban J connectivity index is 1.60. The van der Waals surface area contributed by atoms with Gasteiger partial charge in [0.1, 0.15) is 17.8 Å². The number of anilines is 2. The highest BCUT2D eigenvalue weighted by atomic mass is 19.4. The van der Waals surface area contributed by atoms with Crippen LogP contribution in [-0.4, -0.2) is 47.0 Å². The second kappa shape index (κ2) is 8.14. The lowest BCUT2D eigenvalue weighted by molar-refractivity contribution is -0.141. The number of amides is 1. The van der Waals surface area contributed by atoms with Crippen LogP contribution in [0.4, 0.5) is 24.7 Å². The van der Waals surface area contributed by atoms with Crippen LogP contribution in [0.2, 0.25) is 0 Å². The molecule has 1 unspecified atom stereocenters. The number of hydrogen-bond acceptors (Lipinski definition) is 5. The topological polar surface area (TPSA) is 61.4 Å². The maximum absolute atomic E-state index is 12.9. The Morgan fingerprint density at radius 2 is 2.00 bits per heavy atom. The van der Waals surface area contributed by atoms with E-state index < -0.39 is 11.9 Å². The van der Waals surface area contributed by atoms with Crippen molar-refractivity contribution in [3.8, 4) is 0 Å². The molecular formula is C19H22F3N5O. The zero-order valence-corrected chi connectivity index (χ0v) is 15.7. The fourth-order valence-electron chi connectivity index (χ4n) is 3.31. The van der Waals surface area contributed by atoms with Crippen LogP contribution >= 0.6 is 0 Å². The maximum Gasteiger partial charge on any atom is 0.433 e. The summed E-state index contributed by atoms with van der Waals surface area (Å²) < 4.78 is 38.6. The number of benzene rings is 1. The highest BCUT2D eigenvalue weighted by Gasteiger charge is 2.34. The lowest BCUT2D eigenvalue weighted by Crippen LogP contribution is -2.35. The van der Waals surface area contributed by atoms with Gasteiger partial charge in [-0.1, -0.05) is 12.1 Å². The number of likely N-dealkylation sites (N-methyl/N-ethyl adjacent to an activating group) is 1. The number of rotatable bonds is 5. The second-order valence-electron chi connectivity index (χ2n) is 6.93. The van der Waals surface area contributed by atoms with Crippen LogP contribution < -0.4 is 10.2 Å². The average Bonchev–Trinajstić information content (AvgIpc) is 3.10. The SMILES string of the molecule is CC(=O)Nc1ccc(CN2CCC(N(C)c3cc(C(F)(F)F)ncn3)C2)cc1. The van der Waals surface area contributed by atoms with Crippen LogP contribution in [0.5, 0.6) is 0 Å². The maximum atomic E-state index is 12.9. The fourth-order valence-corrected chi connectivity index (χ4v) is 3.31. The van der Waals surface area contributed by atoms with Crippen LogP contribution in [0.15, 0.2) is 36.7 Å². The standard InChI is InChI=1S/C19H22F3N5O/c1-13(28)25-15-5-3-14(4-6-15)10-27-8-7-16(11-27)26(2)18-9-17(19(20,21)22)23-12-24-18/h3-6,9,12,16H,7-8,10-11H2,1-2H3,(H,25,28). The number of nitrogens with zero attached hydrogens (tertiary/aromatic N) is 4. The number of carbonyl (C=O) groups excluding carboxylic acids is 1. The molecule has 1 aromatic heterocycles. The van der Waals surface area contributed by atoms with Crippen molar-refractivity contribution in [3.05, 3.63) is 47.9 Å². The van der Waals surface area contributed by atoms with Crippen LogP contribution in [-0.2, 0) is 17.5 Å². The Morgan fingerprint density at radius 1 is 1.29 bits per heavy atom. The smallest absolute Gasteiger partial charge is 0.355 e. The zero-order chi connectivity index (χ0) is 20.3. The van der Waals surface area contributed by atoms with Gasteiger partial charge in [-0.25, -0.2) is 9.97 Å². The quantitative estimate of drug-likeness (QED) is 0.846. The van der Waals surface area contributed by atoms with E-state index in [9.17, 15) is 18.0 Å². The Kier molecular flexibility index (Phi) is 5.83. The van der Waals surface area contributed by atoms with Gasteiger partial charge in [0.05, 0.1) is 0 Å². The number of aromatic nitrogens is 2. The van der Waals surface area contributed by atoms with Crippen molar-refractivity contribution in [2.75, 3.05) is 30.4 Å². The van der Waals surface area contributed by atoms with E-state index >= 15 is 0 Å². The van der Waals surface area contributed by atoms with Crippen LogP contribution in [0.1, 0.15) is 24.6 Å². The largest absolute Gasteiger partial charge is 0.433 e. The molecule has 1 aliphatic heterocycles. The summed E-state index contributed by atoms with van der Waals surface area (Å²) in [6.45, 7) is 3.78. The summed E-state index contributed by atoms with van der Waals surface area (Å²) in [5, 5.41) is 2.73. The van der Waals surface area contributed by atoms with E-state index in [1.165, 1.54) is 6.92 Å². The number of carbonyl (C=O) groups is 1. The van der Waals surface area contributed by atoms with Crippen molar-refractivity contribution in [1.29, 1.82) is 0 Å². The summed E-state index contributed by atoms with van der Waals surface area (Å²) >= 11 is 0. The van der Waals surface area contributed by atoms with Crippen molar-refractivity contribution < 1.29 is 18.0 Å². The summed E-state index contributed by atoms with van der Waals surface area (Å²) in [4.78, 5) is 22.4. The third-order valence-electron chi connectivity index (χ3n) is 4.78. The normalized spacial score (nSPS) is 17.5. The van der Waals surface area contributed by atoms with E-state index in [1.54, 1.807) is 11.9 Å². The second-order valence-corrected chi connectivity index (χ2v) is 6.93. The molecule has 1 N–H and O–H groups in total. The number of alkyl halides is 3. The highest BCUT2D eigenvalue weighted by molar-refractivity contribution is 5.88. The van der Waals surface area contributed by atoms with E-state index in [0.29, 0.717) is 0 Å². The van der Waals surface area contributed by atoms with Gasteiger partial charge in [-0.05, 0) is 24.1 Å². The molecule has 1 aromatic carbocycles. The number of hydrogen-bond donors (Lipinski definition) is 1. The first kappa shape index (κ1) is 20.1. The molecular weight excluding hydrogens is 371 g/mol. The van der Waals surface area contributed by atoms with Crippen molar-refractivity contribution >= 4 is 17.4 Å². The summed E-state index contributed by atoms with van der Waals surface area (Å²) in [5.74, 6) is 0.158. The molecule has 0 radical (unpaired) electrons. The highest BCUT2D eigenvalue weighted by Crippen LogP contribution is 2.30. The van der Waals surface area contributed by atoms with E-state index in [0.717, 1.165) is 49.7 Å². The van der Waals surface area contributed by atoms with Gasteiger partial charge in [0.2, 0.25) is 5.91 Å². The summed E-state index contributed by atoms with van der Waals surface area (Å²) in [5.41, 5.74) is 0.928. The lowest BCUT2D eigenvalue weighted by atomic mass is 10.2. The summed E-state index contributed by atoms with van der Waals surface area (Å²) in [6, 6.07) is 8.70. The van der Waals surface area contributed by atoms with E-state index in [2.05, 4.69) is 20.2 Å². The monoisotopic (exact) mass is 393 g/mol. The first-order valence-corrected chi connectivity index (χ1v) is 8.93. The molecule has 0 aliphatic carbocycles. The van der Waals surface area contributed by atoms with Gasteiger partial charge in [-0.15, -0.1) is 0 Å². The molecule has 3 rings (SSSR count). The number of likely N-dealkylation sites (tertiary alicyclic amines) is 1. The molecule has 0 saturated carbocycles.